The number of hydrogen-bond acceptors (Lipinski definition) is 1. The number of rotatable bonds is 1. The van der Waals surface area contributed by atoms with Crippen LogP contribution in [0.2, 0.25) is 5.04 Å². The highest BCUT2D eigenvalue weighted by atomic mass is 28.3. The summed E-state index contributed by atoms with van der Waals surface area (Å²) >= 11 is 0. The molecule has 1 heterocycles. The van der Waals surface area contributed by atoms with Crippen LogP contribution in [-0.4, -0.2) is 8.07 Å². The molecule has 0 radical (unpaired) electrons. The fourth-order valence-corrected chi connectivity index (χ4v) is 10.2. The standard InChI is InChI=1S/C22H23NSi/c1-22(2,3)24(17-11-5-4-6-12-17)20-15-9-7-13-18(20)23-19-14-8-10-16-21(19)24/h4-16,23H,1-3H3. The third-order valence-electron chi connectivity index (χ3n) is 5.26. The Hall–Kier alpha value is -2.32. The van der Waals surface area contributed by atoms with Crippen LogP contribution in [0.4, 0.5) is 11.4 Å². The van der Waals surface area contributed by atoms with Crippen molar-refractivity contribution in [3.8, 4) is 0 Å². The molecule has 0 amide bonds. The van der Waals surface area contributed by atoms with Crippen molar-refractivity contribution in [3.05, 3.63) is 78.9 Å². The van der Waals surface area contributed by atoms with E-state index in [1.807, 2.05) is 0 Å². The largest absolute Gasteiger partial charge is 0.356 e. The summed E-state index contributed by atoms with van der Waals surface area (Å²) in [5, 5.41) is 8.29. The number of para-hydroxylation sites is 2. The molecule has 0 saturated heterocycles. The molecule has 0 bridgehead atoms. The Bertz CT molecular complexity index is 832. The van der Waals surface area contributed by atoms with E-state index in [1.54, 1.807) is 0 Å². The molecule has 0 atom stereocenters. The fourth-order valence-electron chi connectivity index (χ4n) is 4.37. The Balaban J connectivity index is 2.17. The van der Waals surface area contributed by atoms with Crippen LogP contribution in [0.1, 0.15) is 20.8 Å². The van der Waals surface area contributed by atoms with Crippen molar-refractivity contribution in [1.82, 2.24) is 0 Å². The quantitative estimate of drug-likeness (QED) is 0.665. The van der Waals surface area contributed by atoms with Crippen LogP contribution < -0.4 is 20.9 Å². The molecule has 0 saturated carbocycles. The van der Waals surface area contributed by atoms with Crippen LogP contribution in [0.5, 0.6) is 0 Å². The van der Waals surface area contributed by atoms with E-state index in [2.05, 4.69) is 105 Å². The molecule has 3 aromatic rings. The molecule has 0 spiro atoms. The average Bonchev–Trinajstić information content (AvgIpc) is 2.59. The SMILES string of the molecule is CC(C)(C)[Si]1(c2ccccc2)c2ccccc2Nc2ccccc21. The molecule has 4 rings (SSSR count). The van der Waals surface area contributed by atoms with E-state index in [0.717, 1.165) is 0 Å². The maximum Gasteiger partial charge on any atom is 0.158 e. The Kier molecular flexibility index (Phi) is 3.39. The van der Waals surface area contributed by atoms with Gasteiger partial charge in [-0.05, 0) is 32.7 Å². The minimum absolute atomic E-state index is 0.155. The van der Waals surface area contributed by atoms with Crippen LogP contribution in [0, 0.1) is 0 Å². The van der Waals surface area contributed by atoms with E-state index >= 15 is 0 Å². The summed E-state index contributed by atoms with van der Waals surface area (Å²) in [5.41, 5.74) is 2.53. The minimum Gasteiger partial charge on any atom is -0.356 e. The molecule has 1 aliphatic heterocycles. The molecular formula is C22H23NSi. The first-order valence-corrected chi connectivity index (χ1v) is 10.6. The lowest BCUT2D eigenvalue weighted by Crippen LogP contribution is -2.74. The van der Waals surface area contributed by atoms with Crippen molar-refractivity contribution in [3.63, 3.8) is 0 Å². The van der Waals surface area contributed by atoms with Gasteiger partial charge >= 0.3 is 0 Å². The van der Waals surface area contributed by atoms with Crippen LogP contribution in [0.15, 0.2) is 78.9 Å². The molecule has 0 aromatic heterocycles. The van der Waals surface area contributed by atoms with Crippen molar-refractivity contribution >= 4 is 35.0 Å². The molecule has 0 aliphatic carbocycles. The van der Waals surface area contributed by atoms with E-state index in [9.17, 15) is 0 Å². The summed E-state index contributed by atoms with van der Waals surface area (Å²) in [5.74, 6) is 0. The van der Waals surface area contributed by atoms with E-state index in [-0.39, 0.29) is 5.04 Å². The maximum absolute atomic E-state index is 3.67. The normalized spacial score (nSPS) is 15.1. The molecule has 1 N–H and O–H groups in total. The first-order valence-electron chi connectivity index (χ1n) is 8.57. The lowest BCUT2D eigenvalue weighted by molar-refractivity contribution is 0.739. The topological polar surface area (TPSA) is 12.0 Å². The van der Waals surface area contributed by atoms with Crippen molar-refractivity contribution in [2.45, 2.75) is 25.8 Å². The number of fused-ring (bicyclic) bond motifs is 2. The van der Waals surface area contributed by atoms with Crippen LogP contribution in [0.25, 0.3) is 0 Å². The summed E-state index contributed by atoms with van der Waals surface area (Å²) in [6.07, 6.45) is 0. The Morgan fingerprint density at radius 1 is 0.625 bits per heavy atom. The van der Waals surface area contributed by atoms with E-state index in [4.69, 9.17) is 0 Å². The van der Waals surface area contributed by atoms with Crippen molar-refractivity contribution < 1.29 is 0 Å². The van der Waals surface area contributed by atoms with Gasteiger partial charge in [-0.2, -0.15) is 0 Å². The van der Waals surface area contributed by atoms with Crippen LogP contribution >= 0.6 is 0 Å². The molecular weight excluding hydrogens is 306 g/mol. The smallest absolute Gasteiger partial charge is 0.158 e. The van der Waals surface area contributed by atoms with Crippen LogP contribution in [-0.2, 0) is 0 Å². The maximum atomic E-state index is 3.67. The average molecular weight is 330 g/mol. The first-order chi connectivity index (χ1) is 11.5. The van der Waals surface area contributed by atoms with Gasteiger partial charge in [0.25, 0.3) is 0 Å². The van der Waals surface area contributed by atoms with Gasteiger partial charge in [-0.15, -0.1) is 0 Å². The van der Waals surface area contributed by atoms with Crippen molar-refractivity contribution in [1.29, 1.82) is 0 Å². The summed E-state index contributed by atoms with van der Waals surface area (Å²) in [6, 6.07) is 28.9. The van der Waals surface area contributed by atoms with E-state index in [0.29, 0.717) is 0 Å². The second-order valence-electron chi connectivity index (χ2n) is 7.58. The van der Waals surface area contributed by atoms with Gasteiger partial charge in [-0.3, -0.25) is 0 Å². The number of hydrogen-bond donors (Lipinski definition) is 1. The van der Waals surface area contributed by atoms with Gasteiger partial charge in [0.15, 0.2) is 8.07 Å². The van der Waals surface area contributed by atoms with E-state index in [1.165, 1.54) is 26.9 Å². The summed E-state index contributed by atoms with van der Waals surface area (Å²) < 4.78 is 0. The highest BCUT2D eigenvalue weighted by molar-refractivity contribution is 7.15. The predicted octanol–water partition coefficient (Wildman–Crippen LogP) is 4.01. The zero-order valence-corrected chi connectivity index (χ0v) is 15.5. The van der Waals surface area contributed by atoms with Gasteiger partial charge in [0, 0.05) is 11.4 Å². The zero-order valence-electron chi connectivity index (χ0n) is 14.5. The first kappa shape index (κ1) is 15.2. The number of anilines is 2. The molecule has 0 fully saturated rings. The fraction of sp³-hybridized carbons (Fsp3) is 0.182. The van der Waals surface area contributed by atoms with Gasteiger partial charge in [0.1, 0.15) is 0 Å². The van der Waals surface area contributed by atoms with Crippen molar-refractivity contribution in [2.75, 3.05) is 5.32 Å². The summed E-state index contributed by atoms with van der Waals surface area (Å²) in [4.78, 5) is 0. The molecule has 3 aromatic carbocycles. The van der Waals surface area contributed by atoms with Gasteiger partial charge < -0.3 is 5.32 Å². The second-order valence-corrected chi connectivity index (χ2v) is 12.2. The number of benzene rings is 3. The monoisotopic (exact) mass is 329 g/mol. The third kappa shape index (κ3) is 1.99. The second kappa shape index (κ2) is 5.35. The lowest BCUT2D eigenvalue weighted by Gasteiger charge is -2.48. The Labute approximate surface area is 145 Å². The molecule has 1 aliphatic rings. The minimum atomic E-state index is -2.16. The highest BCUT2D eigenvalue weighted by Gasteiger charge is 2.52. The molecule has 0 unspecified atom stereocenters. The van der Waals surface area contributed by atoms with Crippen LogP contribution in [0.3, 0.4) is 0 Å². The van der Waals surface area contributed by atoms with Gasteiger partial charge in [-0.1, -0.05) is 87.5 Å². The number of nitrogens with one attached hydrogen (secondary N) is 1. The highest BCUT2D eigenvalue weighted by Crippen LogP contribution is 2.40. The van der Waals surface area contributed by atoms with Gasteiger partial charge in [0.2, 0.25) is 0 Å². The summed E-state index contributed by atoms with van der Waals surface area (Å²) in [7, 11) is -2.16. The van der Waals surface area contributed by atoms with Gasteiger partial charge in [0.05, 0.1) is 0 Å². The Morgan fingerprint density at radius 3 is 1.58 bits per heavy atom. The van der Waals surface area contributed by atoms with Gasteiger partial charge in [-0.25, -0.2) is 0 Å². The molecule has 1 nitrogen and oxygen atoms in total. The molecule has 120 valence electrons. The predicted molar refractivity (Wildman–Crippen MR) is 107 cm³/mol. The molecule has 24 heavy (non-hydrogen) atoms. The Morgan fingerprint density at radius 2 is 1.08 bits per heavy atom. The van der Waals surface area contributed by atoms with Crippen molar-refractivity contribution in [2.24, 2.45) is 0 Å². The zero-order chi connectivity index (χ0) is 16.8. The lowest BCUT2D eigenvalue weighted by atomic mass is 10.2. The molecule has 2 heteroatoms. The van der Waals surface area contributed by atoms with E-state index < -0.39 is 8.07 Å². The third-order valence-corrected chi connectivity index (χ3v) is 11.2. The summed E-state index contributed by atoms with van der Waals surface area (Å²) in [6.45, 7) is 7.22.